The van der Waals surface area contributed by atoms with Crippen molar-refractivity contribution >= 4 is 27.7 Å². The summed E-state index contributed by atoms with van der Waals surface area (Å²) >= 11 is 1.63. The molecule has 1 aromatic rings. The average molecular weight is 394 g/mol. The highest BCUT2D eigenvalue weighted by Crippen LogP contribution is 2.70. The van der Waals surface area contributed by atoms with Gasteiger partial charge < -0.3 is 0 Å². The van der Waals surface area contributed by atoms with Crippen LogP contribution in [0.5, 0.6) is 0 Å². The van der Waals surface area contributed by atoms with Crippen molar-refractivity contribution in [2.24, 2.45) is 16.7 Å². The number of amides is 1. The first kappa shape index (κ1) is 18.4. The minimum atomic E-state index is -3.50. The van der Waals surface area contributed by atoms with Crippen LogP contribution < -0.4 is 0 Å². The SMILES string of the molecule is CC(CC(=O)N1C2CC3CCC2(CS1(=O)=O)C3(C)C)Sc1ccccc1. The van der Waals surface area contributed by atoms with Crippen LogP contribution in [0, 0.1) is 16.7 Å². The van der Waals surface area contributed by atoms with Gasteiger partial charge >= 0.3 is 0 Å². The molecule has 1 aliphatic heterocycles. The average Bonchev–Trinajstić information content (AvgIpc) is 3.02. The highest BCUT2D eigenvalue weighted by molar-refractivity contribution is 8.00. The molecule has 0 aromatic heterocycles. The van der Waals surface area contributed by atoms with E-state index in [1.165, 1.54) is 4.31 Å². The van der Waals surface area contributed by atoms with Crippen LogP contribution in [-0.2, 0) is 14.8 Å². The molecular formula is C20H27NO3S2. The van der Waals surface area contributed by atoms with Gasteiger partial charge in [0.15, 0.2) is 0 Å². The van der Waals surface area contributed by atoms with Crippen molar-refractivity contribution < 1.29 is 13.2 Å². The molecule has 2 bridgehead atoms. The van der Waals surface area contributed by atoms with E-state index in [-0.39, 0.29) is 40.2 Å². The molecule has 0 radical (unpaired) electrons. The fourth-order valence-corrected chi connectivity index (χ4v) is 9.29. The van der Waals surface area contributed by atoms with E-state index in [4.69, 9.17) is 0 Å². The lowest BCUT2D eigenvalue weighted by atomic mass is 9.69. The number of nitrogens with zero attached hydrogens (tertiary/aromatic N) is 1. The van der Waals surface area contributed by atoms with Crippen molar-refractivity contribution in [3.05, 3.63) is 30.3 Å². The Bertz CT molecular complexity index is 821. The molecule has 4 unspecified atom stereocenters. The third-order valence-corrected chi connectivity index (χ3v) is 10.3. The number of benzene rings is 1. The van der Waals surface area contributed by atoms with Crippen molar-refractivity contribution in [1.29, 1.82) is 0 Å². The Labute approximate surface area is 160 Å². The third kappa shape index (κ3) is 2.55. The van der Waals surface area contributed by atoms with Gasteiger partial charge in [-0.15, -0.1) is 11.8 Å². The first-order chi connectivity index (χ1) is 12.2. The first-order valence-electron chi connectivity index (χ1n) is 9.44. The van der Waals surface area contributed by atoms with Crippen LogP contribution >= 0.6 is 11.8 Å². The summed E-state index contributed by atoms with van der Waals surface area (Å²) in [6.45, 7) is 6.42. The van der Waals surface area contributed by atoms with E-state index in [0.29, 0.717) is 5.92 Å². The van der Waals surface area contributed by atoms with Crippen LogP contribution in [0.4, 0.5) is 0 Å². The molecule has 4 nitrogen and oxygen atoms in total. The highest BCUT2D eigenvalue weighted by Gasteiger charge is 2.72. The van der Waals surface area contributed by atoms with Crippen molar-refractivity contribution in [3.8, 4) is 0 Å². The van der Waals surface area contributed by atoms with Crippen LogP contribution in [0.15, 0.2) is 35.2 Å². The number of rotatable bonds is 4. The maximum absolute atomic E-state index is 13.0. The smallest absolute Gasteiger partial charge is 0.238 e. The molecule has 6 heteroatoms. The molecule has 142 valence electrons. The van der Waals surface area contributed by atoms with E-state index in [1.807, 2.05) is 37.3 Å². The first-order valence-corrected chi connectivity index (χ1v) is 11.9. The second-order valence-electron chi connectivity index (χ2n) is 8.76. The molecule has 1 heterocycles. The van der Waals surface area contributed by atoms with E-state index < -0.39 is 10.0 Å². The van der Waals surface area contributed by atoms with Crippen molar-refractivity contribution in [1.82, 2.24) is 4.31 Å². The Hall–Kier alpha value is -1.01. The van der Waals surface area contributed by atoms with Gasteiger partial charge in [0.05, 0.1) is 11.8 Å². The van der Waals surface area contributed by atoms with Crippen LogP contribution in [0.2, 0.25) is 0 Å². The Morgan fingerprint density at radius 1 is 1.31 bits per heavy atom. The number of sulfonamides is 1. The van der Waals surface area contributed by atoms with Gasteiger partial charge in [0.2, 0.25) is 15.9 Å². The fraction of sp³-hybridized carbons (Fsp3) is 0.650. The monoisotopic (exact) mass is 393 g/mol. The van der Waals surface area contributed by atoms with Crippen LogP contribution in [0.25, 0.3) is 0 Å². The van der Waals surface area contributed by atoms with Gasteiger partial charge in [0, 0.05) is 22.0 Å². The Morgan fingerprint density at radius 2 is 2.00 bits per heavy atom. The predicted octanol–water partition coefficient (Wildman–Crippen LogP) is 3.92. The van der Waals surface area contributed by atoms with E-state index >= 15 is 0 Å². The number of carbonyl (C=O) groups excluding carboxylic acids is 1. The van der Waals surface area contributed by atoms with Gasteiger partial charge in [-0.25, -0.2) is 12.7 Å². The maximum atomic E-state index is 13.0. The summed E-state index contributed by atoms with van der Waals surface area (Å²) in [5.74, 6) is 0.473. The second kappa shape index (κ2) is 5.99. The molecule has 2 aliphatic carbocycles. The summed E-state index contributed by atoms with van der Waals surface area (Å²) in [7, 11) is -3.50. The van der Waals surface area contributed by atoms with Gasteiger partial charge in [-0.1, -0.05) is 39.0 Å². The third-order valence-electron chi connectivity index (χ3n) is 7.20. The van der Waals surface area contributed by atoms with E-state index in [1.54, 1.807) is 11.8 Å². The number of hydrogen-bond donors (Lipinski definition) is 0. The molecule has 1 amide bonds. The molecule has 3 aliphatic rings. The summed E-state index contributed by atoms with van der Waals surface area (Å²) in [6, 6.07) is 9.83. The highest BCUT2D eigenvalue weighted by atomic mass is 32.2. The van der Waals surface area contributed by atoms with E-state index in [9.17, 15) is 13.2 Å². The van der Waals surface area contributed by atoms with Crippen molar-refractivity contribution in [2.45, 2.75) is 62.6 Å². The zero-order valence-electron chi connectivity index (χ0n) is 15.6. The molecule has 0 N–H and O–H groups in total. The van der Waals surface area contributed by atoms with E-state index in [2.05, 4.69) is 13.8 Å². The lowest BCUT2D eigenvalue weighted by Crippen LogP contribution is -2.44. The summed E-state index contributed by atoms with van der Waals surface area (Å²) in [6.07, 6.45) is 3.14. The lowest BCUT2D eigenvalue weighted by Gasteiger charge is -2.37. The Balaban J connectivity index is 1.53. The minimum Gasteiger partial charge on any atom is -0.274 e. The standard InChI is InChI=1S/C20H27NO3S2/c1-14(25-16-7-5-4-6-8-16)11-18(22)21-17-12-15-9-10-20(17,19(15,2)3)13-26(21,23)24/h4-8,14-15,17H,9-13H2,1-3H3. The van der Waals surface area contributed by atoms with Crippen molar-refractivity contribution in [3.63, 3.8) is 0 Å². The normalized spacial score (nSPS) is 34.7. The zero-order valence-corrected chi connectivity index (χ0v) is 17.3. The minimum absolute atomic E-state index is 0.00414. The number of thioether (sulfide) groups is 1. The number of carbonyl (C=O) groups is 1. The summed E-state index contributed by atoms with van der Waals surface area (Å²) < 4.78 is 27.2. The summed E-state index contributed by atoms with van der Waals surface area (Å²) in [5, 5.41) is 0.0447. The van der Waals surface area contributed by atoms with Gasteiger partial charge in [-0.2, -0.15) is 0 Å². The summed E-state index contributed by atoms with van der Waals surface area (Å²) in [4.78, 5) is 14.1. The zero-order chi connectivity index (χ0) is 18.7. The number of fused-ring (bicyclic) bond motifs is 1. The predicted molar refractivity (Wildman–Crippen MR) is 104 cm³/mol. The van der Waals surface area contributed by atoms with Gasteiger partial charge in [-0.3, -0.25) is 4.79 Å². The quantitative estimate of drug-likeness (QED) is 0.728. The van der Waals surface area contributed by atoms with Gasteiger partial charge in [0.1, 0.15) is 0 Å². The Kier molecular flexibility index (Phi) is 4.23. The fourth-order valence-electron chi connectivity index (χ4n) is 5.73. The van der Waals surface area contributed by atoms with Crippen LogP contribution in [0.1, 0.15) is 46.5 Å². The van der Waals surface area contributed by atoms with E-state index in [0.717, 1.165) is 24.2 Å². The largest absolute Gasteiger partial charge is 0.274 e. The molecule has 4 rings (SSSR count). The van der Waals surface area contributed by atoms with Crippen molar-refractivity contribution in [2.75, 3.05) is 5.75 Å². The molecule has 26 heavy (non-hydrogen) atoms. The summed E-state index contributed by atoms with van der Waals surface area (Å²) in [5.41, 5.74) is -0.230. The van der Waals surface area contributed by atoms with Gasteiger partial charge in [0.25, 0.3) is 0 Å². The second-order valence-corrected chi connectivity index (χ2v) is 12.1. The van der Waals surface area contributed by atoms with Gasteiger partial charge in [-0.05, 0) is 42.7 Å². The van der Waals surface area contributed by atoms with Crippen LogP contribution in [0.3, 0.4) is 0 Å². The molecule has 4 atom stereocenters. The Morgan fingerprint density at radius 3 is 2.65 bits per heavy atom. The molecule has 3 fully saturated rings. The number of hydrogen-bond acceptors (Lipinski definition) is 4. The molecular weight excluding hydrogens is 366 g/mol. The van der Waals surface area contributed by atoms with Crippen LogP contribution in [-0.4, -0.2) is 35.7 Å². The molecule has 2 saturated carbocycles. The molecule has 1 spiro atoms. The topological polar surface area (TPSA) is 54.5 Å². The lowest BCUT2D eigenvalue weighted by molar-refractivity contribution is -0.128. The molecule has 1 saturated heterocycles. The molecule has 1 aromatic carbocycles. The maximum Gasteiger partial charge on any atom is 0.238 e.